The summed E-state index contributed by atoms with van der Waals surface area (Å²) < 4.78 is 0. The Morgan fingerprint density at radius 1 is 1.62 bits per heavy atom. The largest absolute Gasteiger partial charge is 0.480 e. The molecule has 0 radical (unpaired) electrons. The van der Waals surface area contributed by atoms with Crippen molar-refractivity contribution in [2.75, 3.05) is 18.8 Å². The molecule has 0 bridgehead atoms. The highest BCUT2D eigenvalue weighted by Crippen LogP contribution is 2.00. The number of carboxylic acids is 1. The number of hydrogen-bond donors (Lipinski definition) is 3. The highest BCUT2D eigenvalue weighted by molar-refractivity contribution is 5.92. The van der Waals surface area contributed by atoms with Gasteiger partial charge >= 0.3 is 5.97 Å². The molecule has 1 amide bonds. The molecular weight excluding hydrogens is 214 g/mol. The number of carbonyl (C=O) groups is 2. The summed E-state index contributed by atoms with van der Waals surface area (Å²) >= 11 is 0. The zero-order valence-corrected chi connectivity index (χ0v) is 8.17. The molecule has 16 heavy (non-hydrogen) atoms. The van der Waals surface area contributed by atoms with Crippen LogP contribution in [0.5, 0.6) is 0 Å². The van der Waals surface area contributed by atoms with Crippen LogP contribution in [-0.4, -0.2) is 50.2 Å². The normalized spacial score (nSPS) is 9.44. The van der Waals surface area contributed by atoms with Gasteiger partial charge in [-0.15, -0.1) is 11.5 Å². The van der Waals surface area contributed by atoms with Gasteiger partial charge in [-0.25, -0.2) is 0 Å². The summed E-state index contributed by atoms with van der Waals surface area (Å²) in [4.78, 5) is 26.7. The first-order valence-electron chi connectivity index (χ1n) is 4.17. The third-order valence-electron chi connectivity index (χ3n) is 1.60. The number of carbonyl (C=O) groups excluding carboxylic acids is 1. The number of nitrogen functional groups attached to an aromatic ring is 1. The molecule has 1 aromatic rings. The van der Waals surface area contributed by atoms with Crippen molar-refractivity contribution in [2.45, 2.75) is 0 Å². The van der Waals surface area contributed by atoms with Gasteiger partial charge < -0.3 is 15.7 Å². The van der Waals surface area contributed by atoms with Crippen LogP contribution in [0.1, 0.15) is 10.6 Å². The van der Waals surface area contributed by atoms with Gasteiger partial charge in [0.15, 0.2) is 0 Å². The molecule has 0 spiro atoms. The van der Waals surface area contributed by atoms with Gasteiger partial charge in [0.25, 0.3) is 5.91 Å². The van der Waals surface area contributed by atoms with Gasteiger partial charge in [-0.1, -0.05) is 5.92 Å². The number of rotatable bonds is 4. The maximum absolute atomic E-state index is 11.7. The van der Waals surface area contributed by atoms with E-state index in [1.807, 2.05) is 0 Å². The van der Waals surface area contributed by atoms with Crippen LogP contribution in [0.15, 0.2) is 0 Å². The van der Waals surface area contributed by atoms with Crippen LogP contribution in [0, 0.1) is 12.3 Å². The summed E-state index contributed by atoms with van der Waals surface area (Å²) in [5.74, 6) is 0.104. The Morgan fingerprint density at radius 2 is 2.31 bits per heavy atom. The molecule has 8 nitrogen and oxygen atoms in total. The van der Waals surface area contributed by atoms with Gasteiger partial charge in [-0.05, 0) is 0 Å². The fourth-order valence-corrected chi connectivity index (χ4v) is 0.993. The Balaban J connectivity index is 2.83. The quantitative estimate of drug-likeness (QED) is 0.536. The summed E-state index contributed by atoms with van der Waals surface area (Å²) in [6.07, 6.45) is 5.02. The summed E-state index contributed by atoms with van der Waals surface area (Å²) in [6, 6.07) is 0. The van der Waals surface area contributed by atoms with Crippen LogP contribution >= 0.6 is 0 Å². The molecule has 0 saturated heterocycles. The Labute approximate surface area is 90.5 Å². The summed E-state index contributed by atoms with van der Waals surface area (Å²) in [6.45, 7) is -0.643. The molecule has 1 aromatic heterocycles. The minimum absolute atomic E-state index is 0.0978. The number of aromatic nitrogens is 3. The van der Waals surface area contributed by atoms with Gasteiger partial charge in [-0.3, -0.25) is 14.7 Å². The van der Waals surface area contributed by atoms with E-state index < -0.39 is 18.4 Å². The lowest BCUT2D eigenvalue weighted by Crippen LogP contribution is -2.36. The van der Waals surface area contributed by atoms with Gasteiger partial charge in [0, 0.05) is 0 Å². The number of carboxylic acid groups (broad SMARTS) is 1. The average Bonchev–Trinajstić information content (AvgIpc) is 2.62. The van der Waals surface area contributed by atoms with E-state index in [4.69, 9.17) is 17.3 Å². The molecule has 0 aromatic carbocycles. The van der Waals surface area contributed by atoms with Gasteiger partial charge in [0.05, 0.1) is 6.54 Å². The number of amides is 1. The Bertz CT molecular complexity index is 447. The lowest BCUT2D eigenvalue weighted by molar-refractivity contribution is -0.137. The lowest BCUT2D eigenvalue weighted by atomic mass is 10.4. The van der Waals surface area contributed by atoms with Crippen molar-refractivity contribution in [2.24, 2.45) is 0 Å². The molecule has 84 valence electrons. The standard InChI is InChI=1S/C8H9N5O3/c1-2-3-13(4-5(14)15)7(16)6-10-8(9)12-11-6/h1H,3-4H2,(H,14,15)(H3,9,10,11,12). The summed E-state index contributed by atoms with van der Waals surface area (Å²) in [5.41, 5.74) is 5.21. The fraction of sp³-hybridized carbons (Fsp3) is 0.250. The van der Waals surface area contributed by atoms with E-state index in [0.717, 1.165) is 4.90 Å². The SMILES string of the molecule is C#CCN(CC(=O)O)C(=O)c1nc(N)n[nH]1. The highest BCUT2D eigenvalue weighted by Gasteiger charge is 2.20. The zero-order chi connectivity index (χ0) is 12.1. The van der Waals surface area contributed by atoms with E-state index in [0.29, 0.717) is 0 Å². The second-order valence-corrected chi connectivity index (χ2v) is 2.80. The maximum atomic E-state index is 11.7. The first-order valence-corrected chi connectivity index (χ1v) is 4.17. The van der Waals surface area contributed by atoms with Gasteiger partial charge in [0.2, 0.25) is 11.8 Å². The van der Waals surface area contributed by atoms with Crippen LogP contribution in [0.25, 0.3) is 0 Å². The molecule has 0 fully saturated rings. The number of nitrogens with two attached hydrogens (primary N) is 1. The van der Waals surface area contributed by atoms with Crippen molar-refractivity contribution in [1.29, 1.82) is 0 Å². The van der Waals surface area contributed by atoms with Crippen molar-refractivity contribution in [3.63, 3.8) is 0 Å². The molecule has 0 aliphatic rings. The average molecular weight is 223 g/mol. The molecular formula is C8H9N5O3. The predicted octanol–water partition coefficient (Wildman–Crippen LogP) is -1.45. The molecule has 0 saturated carbocycles. The molecule has 1 heterocycles. The van der Waals surface area contributed by atoms with Gasteiger partial charge in [0.1, 0.15) is 6.54 Å². The van der Waals surface area contributed by atoms with Crippen molar-refractivity contribution < 1.29 is 14.7 Å². The number of aliphatic carboxylic acids is 1. The molecule has 0 atom stereocenters. The van der Waals surface area contributed by atoms with Crippen molar-refractivity contribution in [1.82, 2.24) is 20.1 Å². The van der Waals surface area contributed by atoms with E-state index in [1.165, 1.54) is 0 Å². The predicted molar refractivity (Wildman–Crippen MR) is 53.2 cm³/mol. The zero-order valence-electron chi connectivity index (χ0n) is 8.17. The van der Waals surface area contributed by atoms with E-state index in [9.17, 15) is 9.59 Å². The Hall–Kier alpha value is -2.56. The fourth-order valence-electron chi connectivity index (χ4n) is 0.993. The lowest BCUT2D eigenvalue weighted by Gasteiger charge is -2.15. The van der Waals surface area contributed by atoms with E-state index >= 15 is 0 Å². The smallest absolute Gasteiger partial charge is 0.323 e. The van der Waals surface area contributed by atoms with Crippen molar-refractivity contribution in [3.05, 3.63) is 5.82 Å². The minimum Gasteiger partial charge on any atom is -0.480 e. The van der Waals surface area contributed by atoms with Crippen molar-refractivity contribution in [3.8, 4) is 12.3 Å². The third-order valence-corrected chi connectivity index (χ3v) is 1.60. The maximum Gasteiger partial charge on any atom is 0.323 e. The van der Waals surface area contributed by atoms with E-state index in [2.05, 4.69) is 21.1 Å². The first-order chi connectivity index (χ1) is 7.54. The van der Waals surface area contributed by atoms with Crippen LogP contribution in [-0.2, 0) is 4.79 Å². The number of anilines is 1. The first kappa shape index (κ1) is 11.5. The van der Waals surface area contributed by atoms with Crippen molar-refractivity contribution >= 4 is 17.8 Å². The minimum atomic E-state index is -1.17. The van der Waals surface area contributed by atoms with Gasteiger partial charge in [-0.2, -0.15) is 4.98 Å². The second-order valence-electron chi connectivity index (χ2n) is 2.80. The van der Waals surface area contributed by atoms with E-state index in [1.54, 1.807) is 0 Å². The highest BCUT2D eigenvalue weighted by atomic mass is 16.4. The molecule has 0 unspecified atom stereocenters. The second kappa shape index (κ2) is 4.79. The number of nitrogens with zero attached hydrogens (tertiary/aromatic N) is 3. The molecule has 0 aliphatic carbocycles. The topological polar surface area (TPSA) is 125 Å². The van der Waals surface area contributed by atoms with Crippen LogP contribution in [0.2, 0.25) is 0 Å². The number of H-pyrrole nitrogens is 1. The summed E-state index contributed by atoms with van der Waals surface area (Å²) in [7, 11) is 0. The number of terminal acetylenes is 1. The molecule has 0 aliphatic heterocycles. The summed E-state index contributed by atoms with van der Waals surface area (Å²) in [5, 5.41) is 14.3. The number of nitrogens with one attached hydrogen (secondary N) is 1. The Kier molecular flexibility index (Phi) is 3.45. The molecule has 1 rings (SSSR count). The molecule has 8 heteroatoms. The monoisotopic (exact) mass is 223 g/mol. The van der Waals surface area contributed by atoms with Crippen LogP contribution < -0.4 is 5.73 Å². The third kappa shape index (κ3) is 2.71. The van der Waals surface area contributed by atoms with Crippen LogP contribution in [0.4, 0.5) is 5.95 Å². The van der Waals surface area contributed by atoms with E-state index in [-0.39, 0.29) is 18.3 Å². The number of hydrogen-bond acceptors (Lipinski definition) is 5. The number of aromatic amines is 1. The van der Waals surface area contributed by atoms with Crippen LogP contribution in [0.3, 0.4) is 0 Å². The Morgan fingerprint density at radius 3 is 2.75 bits per heavy atom. The molecule has 4 N–H and O–H groups in total.